The molecule has 82 valence electrons. The van der Waals surface area contributed by atoms with E-state index in [1.807, 2.05) is 7.05 Å². The molecular weight excluding hydrogens is 190 g/mol. The molecule has 1 aromatic heterocycles. The van der Waals surface area contributed by atoms with Crippen molar-refractivity contribution in [2.45, 2.75) is 32.3 Å². The zero-order chi connectivity index (χ0) is 10.7. The Morgan fingerprint density at radius 1 is 1.27 bits per heavy atom. The van der Waals surface area contributed by atoms with Crippen molar-refractivity contribution in [3.63, 3.8) is 0 Å². The normalized spacial score (nSPS) is 14.8. The second-order valence-corrected chi connectivity index (χ2v) is 3.80. The van der Waals surface area contributed by atoms with Crippen molar-refractivity contribution in [2.75, 3.05) is 19.5 Å². The van der Waals surface area contributed by atoms with Gasteiger partial charge in [-0.3, -0.25) is 0 Å². The molecule has 1 aliphatic carbocycles. The van der Waals surface area contributed by atoms with E-state index in [4.69, 9.17) is 4.74 Å². The number of fused-ring (bicyclic) bond motifs is 1. The van der Waals surface area contributed by atoms with Crippen LogP contribution in [0.1, 0.15) is 29.9 Å². The number of nitrogens with zero attached hydrogens (tertiary/aromatic N) is 2. The van der Waals surface area contributed by atoms with E-state index in [-0.39, 0.29) is 0 Å². The van der Waals surface area contributed by atoms with Crippen molar-refractivity contribution in [2.24, 2.45) is 0 Å². The molecule has 0 bridgehead atoms. The first kappa shape index (κ1) is 10.4. The molecule has 0 aliphatic heterocycles. The summed E-state index contributed by atoms with van der Waals surface area (Å²) in [6.07, 6.45) is 4.65. The highest BCUT2D eigenvalue weighted by molar-refractivity contribution is 5.47. The SMILES string of the molecule is CNc1nc(COC)nc2c1CCCC2. The minimum Gasteiger partial charge on any atom is -0.377 e. The summed E-state index contributed by atoms with van der Waals surface area (Å²) in [5, 5.41) is 3.15. The molecule has 15 heavy (non-hydrogen) atoms. The fourth-order valence-electron chi connectivity index (χ4n) is 2.05. The summed E-state index contributed by atoms with van der Waals surface area (Å²) in [5.41, 5.74) is 2.50. The van der Waals surface area contributed by atoms with Crippen molar-refractivity contribution in [1.29, 1.82) is 0 Å². The van der Waals surface area contributed by atoms with E-state index < -0.39 is 0 Å². The zero-order valence-corrected chi connectivity index (χ0v) is 9.34. The molecule has 1 aromatic rings. The summed E-state index contributed by atoms with van der Waals surface area (Å²) in [5.74, 6) is 1.76. The van der Waals surface area contributed by atoms with Crippen LogP contribution in [0.25, 0.3) is 0 Å². The molecule has 4 heteroatoms. The largest absolute Gasteiger partial charge is 0.377 e. The van der Waals surface area contributed by atoms with Crippen LogP contribution in [0.5, 0.6) is 0 Å². The van der Waals surface area contributed by atoms with E-state index in [9.17, 15) is 0 Å². The van der Waals surface area contributed by atoms with Gasteiger partial charge in [0.05, 0.1) is 0 Å². The number of ether oxygens (including phenoxy) is 1. The molecule has 0 radical (unpaired) electrons. The Hall–Kier alpha value is -1.16. The molecule has 0 spiro atoms. The molecule has 0 saturated carbocycles. The predicted octanol–water partition coefficient (Wildman–Crippen LogP) is 1.54. The van der Waals surface area contributed by atoms with Gasteiger partial charge in [0.15, 0.2) is 5.82 Å². The number of aryl methyl sites for hydroxylation is 1. The van der Waals surface area contributed by atoms with E-state index in [2.05, 4.69) is 15.3 Å². The Bertz CT molecular complexity index is 335. The van der Waals surface area contributed by atoms with Crippen molar-refractivity contribution >= 4 is 5.82 Å². The van der Waals surface area contributed by atoms with Crippen molar-refractivity contribution in [3.8, 4) is 0 Å². The minimum absolute atomic E-state index is 0.488. The fraction of sp³-hybridized carbons (Fsp3) is 0.636. The van der Waals surface area contributed by atoms with E-state index in [1.54, 1.807) is 7.11 Å². The van der Waals surface area contributed by atoms with Gasteiger partial charge in [0, 0.05) is 25.4 Å². The second kappa shape index (κ2) is 4.57. The molecule has 0 fully saturated rings. The van der Waals surface area contributed by atoms with Gasteiger partial charge in [0.1, 0.15) is 12.4 Å². The van der Waals surface area contributed by atoms with Crippen LogP contribution >= 0.6 is 0 Å². The van der Waals surface area contributed by atoms with Crippen LogP contribution in [0.15, 0.2) is 0 Å². The van der Waals surface area contributed by atoms with Gasteiger partial charge in [-0.05, 0) is 25.7 Å². The Morgan fingerprint density at radius 3 is 2.80 bits per heavy atom. The number of aromatic nitrogens is 2. The molecule has 0 unspecified atom stereocenters. The van der Waals surface area contributed by atoms with Gasteiger partial charge < -0.3 is 10.1 Å². The number of hydrogen-bond donors (Lipinski definition) is 1. The Labute approximate surface area is 90.1 Å². The van der Waals surface area contributed by atoms with E-state index >= 15 is 0 Å². The number of rotatable bonds is 3. The highest BCUT2D eigenvalue weighted by atomic mass is 16.5. The predicted molar refractivity (Wildman–Crippen MR) is 58.9 cm³/mol. The number of anilines is 1. The summed E-state index contributed by atoms with van der Waals surface area (Å²) < 4.78 is 5.07. The van der Waals surface area contributed by atoms with E-state index in [0.717, 1.165) is 24.5 Å². The summed E-state index contributed by atoms with van der Waals surface area (Å²) in [6.45, 7) is 0.488. The molecule has 0 saturated heterocycles. The summed E-state index contributed by atoms with van der Waals surface area (Å²) in [6, 6.07) is 0. The zero-order valence-electron chi connectivity index (χ0n) is 9.34. The van der Waals surface area contributed by atoms with Gasteiger partial charge >= 0.3 is 0 Å². The van der Waals surface area contributed by atoms with Crippen molar-refractivity contribution in [3.05, 3.63) is 17.1 Å². The molecule has 0 aromatic carbocycles. The lowest BCUT2D eigenvalue weighted by molar-refractivity contribution is 0.177. The number of nitrogens with one attached hydrogen (secondary N) is 1. The first-order chi connectivity index (χ1) is 7.35. The lowest BCUT2D eigenvalue weighted by Gasteiger charge is -2.18. The molecule has 0 amide bonds. The average Bonchev–Trinajstić information content (AvgIpc) is 2.28. The van der Waals surface area contributed by atoms with Crippen LogP contribution in [0.2, 0.25) is 0 Å². The van der Waals surface area contributed by atoms with Gasteiger partial charge in [0.25, 0.3) is 0 Å². The van der Waals surface area contributed by atoms with Gasteiger partial charge in [-0.25, -0.2) is 9.97 Å². The molecule has 1 heterocycles. The molecule has 2 rings (SSSR count). The third kappa shape index (κ3) is 2.09. The molecule has 0 atom stereocenters. The topological polar surface area (TPSA) is 47.0 Å². The van der Waals surface area contributed by atoms with E-state index in [0.29, 0.717) is 6.61 Å². The maximum atomic E-state index is 5.07. The molecule has 4 nitrogen and oxygen atoms in total. The first-order valence-electron chi connectivity index (χ1n) is 5.40. The van der Waals surface area contributed by atoms with Crippen LogP contribution in [-0.4, -0.2) is 24.1 Å². The minimum atomic E-state index is 0.488. The molecular formula is C11H17N3O. The highest BCUT2D eigenvalue weighted by Crippen LogP contribution is 2.25. The second-order valence-electron chi connectivity index (χ2n) is 3.80. The fourth-order valence-corrected chi connectivity index (χ4v) is 2.05. The molecule has 1 N–H and O–H groups in total. The van der Waals surface area contributed by atoms with Crippen LogP contribution < -0.4 is 5.32 Å². The lowest BCUT2D eigenvalue weighted by Crippen LogP contribution is -2.13. The van der Waals surface area contributed by atoms with Gasteiger partial charge in [0.2, 0.25) is 0 Å². The van der Waals surface area contributed by atoms with Crippen molar-refractivity contribution < 1.29 is 4.74 Å². The Morgan fingerprint density at radius 2 is 2.07 bits per heavy atom. The number of hydrogen-bond acceptors (Lipinski definition) is 4. The first-order valence-corrected chi connectivity index (χ1v) is 5.40. The maximum Gasteiger partial charge on any atom is 0.156 e. The van der Waals surface area contributed by atoms with Gasteiger partial charge in [-0.1, -0.05) is 0 Å². The highest BCUT2D eigenvalue weighted by Gasteiger charge is 2.16. The summed E-state index contributed by atoms with van der Waals surface area (Å²) in [4.78, 5) is 8.98. The smallest absolute Gasteiger partial charge is 0.156 e. The van der Waals surface area contributed by atoms with Crippen LogP contribution in [0.4, 0.5) is 5.82 Å². The Balaban J connectivity index is 2.38. The summed E-state index contributed by atoms with van der Waals surface area (Å²) >= 11 is 0. The monoisotopic (exact) mass is 207 g/mol. The Kier molecular flexibility index (Phi) is 3.16. The lowest BCUT2D eigenvalue weighted by atomic mass is 9.96. The van der Waals surface area contributed by atoms with Gasteiger partial charge in [-0.15, -0.1) is 0 Å². The standard InChI is InChI=1S/C11H17N3O/c1-12-11-8-5-3-4-6-9(8)13-10(14-11)7-15-2/h3-7H2,1-2H3,(H,12,13,14). The van der Waals surface area contributed by atoms with Crippen LogP contribution in [-0.2, 0) is 24.2 Å². The third-order valence-corrected chi connectivity index (χ3v) is 2.74. The van der Waals surface area contributed by atoms with Crippen LogP contribution in [0, 0.1) is 0 Å². The van der Waals surface area contributed by atoms with Gasteiger partial charge in [-0.2, -0.15) is 0 Å². The average molecular weight is 207 g/mol. The maximum absolute atomic E-state index is 5.07. The van der Waals surface area contributed by atoms with Crippen molar-refractivity contribution in [1.82, 2.24) is 9.97 Å². The van der Waals surface area contributed by atoms with Crippen LogP contribution in [0.3, 0.4) is 0 Å². The quantitative estimate of drug-likeness (QED) is 0.816. The molecule has 1 aliphatic rings. The van der Waals surface area contributed by atoms with E-state index in [1.165, 1.54) is 24.1 Å². The summed E-state index contributed by atoms with van der Waals surface area (Å²) in [7, 11) is 3.58. The number of methoxy groups -OCH3 is 1. The third-order valence-electron chi connectivity index (χ3n) is 2.74.